The number of nitrogens with zero attached hydrogens (tertiary/aromatic N) is 4. The lowest BCUT2D eigenvalue weighted by Gasteiger charge is -2.22. The van der Waals surface area contributed by atoms with Crippen LogP contribution in [0.1, 0.15) is 48.7 Å². The van der Waals surface area contributed by atoms with E-state index in [1.54, 1.807) is 18.5 Å². The third kappa shape index (κ3) is 7.75. The number of oxime groups is 1. The first-order valence-electron chi connectivity index (χ1n) is 10.9. The summed E-state index contributed by atoms with van der Waals surface area (Å²) in [5, 5.41) is 17.3. The van der Waals surface area contributed by atoms with Gasteiger partial charge in [-0.2, -0.15) is 5.10 Å². The van der Waals surface area contributed by atoms with E-state index >= 15 is 0 Å². The number of carbonyl (C=O) groups excluding carboxylic acids is 1. The average Bonchev–Trinajstić information content (AvgIpc) is 2.76. The van der Waals surface area contributed by atoms with Gasteiger partial charge in [0.25, 0.3) is 5.91 Å². The van der Waals surface area contributed by atoms with E-state index in [0.717, 1.165) is 28.3 Å². The van der Waals surface area contributed by atoms with Crippen molar-refractivity contribution in [3.05, 3.63) is 52.2 Å². The summed E-state index contributed by atoms with van der Waals surface area (Å²) in [6.45, 7) is 10.8. The molecule has 0 bridgehead atoms. The van der Waals surface area contributed by atoms with Crippen molar-refractivity contribution in [3.8, 4) is 0 Å². The fourth-order valence-corrected chi connectivity index (χ4v) is 3.46. The monoisotopic (exact) mass is 472 g/mol. The Kier molecular flexibility index (Phi) is 10.1. The highest BCUT2D eigenvalue weighted by Crippen LogP contribution is 2.26. The number of hydrazone groups is 1. The Balaban J connectivity index is 2.30. The molecule has 9 heteroatoms. The Labute approximate surface area is 201 Å². The predicted molar refractivity (Wildman–Crippen MR) is 137 cm³/mol. The molecule has 2 N–H and O–H groups in total. The van der Waals surface area contributed by atoms with Crippen molar-refractivity contribution in [2.24, 2.45) is 10.3 Å². The van der Waals surface area contributed by atoms with Crippen molar-refractivity contribution in [2.45, 2.75) is 47.1 Å². The molecular formula is C24H33ClN6O2. The molecule has 1 aromatic carbocycles. The van der Waals surface area contributed by atoms with Crippen LogP contribution in [0.3, 0.4) is 0 Å². The summed E-state index contributed by atoms with van der Waals surface area (Å²) in [5.41, 5.74) is 3.90. The first-order chi connectivity index (χ1) is 15.8. The quantitative estimate of drug-likeness (QED) is 0.362. The highest BCUT2D eigenvalue weighted by atomic mass is 35.5. The fourth-order valence-electron chi connectivity index (χ4n) is 3.19. The number of rotatable bonds is 11. The number of nitrogens with one attached hydrogen (secondary N) is 2. The molecule has 0 saturated carbocycles. The van der Waals surface area contributed by atoms with Crippen LogP contribution in [0.2, 0.25) is 5.02 Å². The standard InChI is InChI=1S/C24H33ClN6O2/c1-7-20(15-28-33-6)30-31(23-17(4)9-8-10-27-23)12-11-26-22-18(5)13-19(25)14-21(22)24(32)29-16(2)3/h8-10,13-16,26H,7,11-12H2,1-6H3,(H,29,32)/b28-15+,30-20+. The van der Waals surface area contributed by atoms with Gasteiger partial charge in [0, 0.05) is 23.8 Å². The van der Waals surface area contributed by atoms with Crippen molar-refractivity contribution >= 4 is 40.9 Å². The van der Waals surface area contributed by atoms with Crippen LogP contribution in [0.4, 0.5) is 11.5 Å². The maximum absolute atomic E-state index is 12.7. The van der Waals surface area contributed by atoms with Gasteiger partial charge in [-0.3, -0.25) is 4.79 Å². The molecule has 178 valence electrons. The van der Waals surface area contributed by atoms with E-state index in [4.69, 9.17) is 21.5 Å². The molecule has 2 rings (SSSR count). The molecule has 1 heterocycles. The first kappa shape index (κ1) is 26.1. The fraction of sp³-hybridized carbons (Fsp3) is 0.417. The Hall–Kier alpha value is -3.13. The maximum Gasteiger partial charge on any atom is 0.253 e. The zero-order chi connectivity index (χ0) is 24.4. The second-order valence-corrected chi connectivity index (χ2v) is 8.27. The topological polar surface area (TPSA) is 91.2 Å². The van der Waals surface area contributed by atoms with Gasteiger partial charge in [-0.15, -0.1) is 0 Å². The van der Waals surface area contributed by atoms with Crippen LogP contribution in [0.15, 0.2) is 40.7 Å². The molecule has 0 spiro atoms. The van der Waals surface area contributed by atoms with E-state index < -0.39 is 0 Å². The maximum atomic E-state index is 12.7. The van der Waals surface area contributed by atoms with E-state index in [1.165, 1.54) is 7.11 Å². The molecule has 0 fully saturated rings. The molecule has 0 aliphatic heterocycles. The summed E-state index contributed by atoms with van der Waals surface area (Å²) in [6.07, 6.45) is 4.01. The number of hydrogen-bond acceptors (Lipinski definition) is 7. The van der Waals surface area contributed by atoms with Crippen LogP contribution in [0.25, 0.3) is 0 Å². The lowest BCUT2D eigenvalue weighted by molar-refractivity contribution is 0.0944. The highest BCUT2D eigenvalue weighted by molar-refractivity contribution is 6.31. The minimum atomic E-state index is -0.169. The minimum Gasteiger partial charge on any atom is -0.399 e. The molecule has 8 nitrogen and oxygen atoms in total. The minimum absolute atomic E-state index is 0.0165. The number of pyridine rings is 1. The lowest BCUT2D eigenvalue weighted by Crippen LogP contribution is -2.32. The molecular weight excluding hydrogens is 440 g/mol. The molecule has 0 aliphatic carbocycles. The van der Waals surface area contributed by atoms with E-state index in [9.17, 15) is 4.79 Å². The van der Waals surface area contributed by atoms with Crippen LogP contribution >= 0.6 is 11.6 Å². The largest absolute Gasteiger partial charge is 0.399 e. The summed E-state index contributed by atoms with van der Waals surface area (Å²) >= 11 is 6.23. The summed E-state index contributed by atoms with van der Waals surface area (Å²) in [5.74, 6) is 0.583. The van der Waals surface area contributed by atoms with Gasteiger partial charge >= 0.3 is 0 Å². The number of aromatic nitrogens is 1. The van der Waals surface area contributed by atoms with Crippen molar-refractivity contribution in [1.82, 2.24) is 10.3 Å². The van der Waals surface area contributed by atoms with Gasteiger partial charge in [0.2, 0.25) is 0 Å². The predicted octanol–water partition coefficient (Wildman–Crippen LogP) is 4.81. The van der Waals surface area contributed by atoms with Crippen molar-refractivity contribution in [2.75, 3.05) is 30.5 Å². The number of amides is 1. The lowest BCUT2D eigenvalue weighted by atomic mass is 10.1. The molecule has 1 aromatic heterocycles. The molecule has 0 atom stereocenters. The van der Waals surface area contributed by atoms with Gasteiger partial charge in [-0.1, -0.05) is 29.7 Å². The molecule has 0 unspecified atom stereocenters. The zero-order valence-corrected chi connectivity index (χ0v) is 20.9. The van der Waals surface area contributed by atoms with Gasteiger partial charge in [0.05, 0.1) is 29.7 Å². The highest BCUT2D eigenvalue weighted by Gasteiger charge is 2.17. The van der Waals surface area contributed by atoms with Gasteiger partial charge in [0.1, 0.15) is 7.11 Å². The van der Waals surface area contributed by atoms with Crippen LogP contribution in [0, 0.1) is 13.8 Å². The Bertz CT molecular complexity index is 1010. The zero-order valence-electron chi connectivity index (χ0n) is 20.1. The number of benzene rings is 1. The summed E-state index contributed by atoms with van der Waals surface area (Å²) in [4.78, 5) is 22.1. The van der Waals surface area contributed by atoms with Crippen molar-refractivity contribution < 1.29 is 9.63 Å². The van der Waals surface area contributed by atoms with Crippen LogP contribution in [-0.4, -0.2) is 49.1 Å². The Morgan fingerprint density at radius 1 is 1.30 bits per heavy atom. The smallest absolute Gasteiger partial charge is 0.253 e. The Morgan fingerprint density at radius 3 is 2.70 bits per heavy atom. The van der Waals surface area contributed by atoms with Gasteiger partial charge in [0.15, 0.2) is 5.82 Å². The van der Waals surface area contributed by atoms with E-state index in [2.05, 4.69) is 20.8 Å². The Morgan fingerprint density at radius 2 is 2.06 bits per heavy atom. The molecule has 0 aliphatic rings. The van der Waals surface area contributed by atoms with Gasteiger partial charge in [-0.05, 0) is 63.4 Å². The number of aryl methyl sites for hydroxylation is 2. The molecule has 0 saturated heterocycles. The number of halogens is 1. The van der Waals surface area contributed by atoms with E-state index in [1.807, 2.05) is 57.8 Å². The number of carbonyl (C=O) groups is 1. The normalized spacial score (nSPS) is 11.7. The summed E-state index contributed by atoms with van der Waals surface area (Å²) in [7, 11) is 1.50. The van der Waals surface area contributed by atoms with Gasteiger partial charge < -0.3 is 15.5 Å². The van der Waals surface area contributed by atoms with E-state index in [0.29, 0.717) is 30.1 Å². The third-order valence-corrected chi connectivity index (χ3v) is 4.95. The second-order valence-electron chi connectivity index (χ2n) is 7.83. The molecule has 2 aromatic rings. The molecule has 33 heavy (non-hydrogen) atoms. The average molecular weight is 473 g/mol. The third-order valence-electron chi connectivity index (χ3n) is 4.73. The van der Waals surface area contributed by atoms with Crippen molar-refractivity contribution in [3.63, 3.8) is 0 Å². The first-order valence-corrected chi connectivity index (χ1v) is 11.3. The SMILES string of the molecule is CCC(/C=N/OC)=N\N(CCNc1c(C)cc(Cl)cc1C(=O)NC(C)C)c1ncccc1C. The van der Waals surface area contributed by atoms with Crippen molar-refractivity contribution in [1.29, 1.82) is 0 Å². The second kappa shape index (κ2) is 12.8. The molecule has 0 radical (unpaired) electrons. The summed E-state index contributed by atoms with van der Waals surface area (Å²) < 4.78 is 0. The van der Waals surface area contributed by atoms with E-state index in [-0.39, 0.29) is 11.9 Å². The van der Waals surface area contributed by atoms with Crippen LogP contribution < -0.4 is 15.6 Å². The molecule has 1 amide bonds. The van der Waals surface area contributed by atoms with Crippen LogP contribution in [0.5, 0.6) is 0 Å². The summed E-state index contributed by atoms with van der Waals surface area (Å²) in [6, 6.07) is 7.42. The van der Waals surface area contributed by atoms with Gasteiger partial charge in [-0.25, -0.2) is 9.99 Å². The number of anilines is 2. The number of hydrogen-bond donors (Lipinski definition) is 2. The van der Waals surface area contributed by atoms with Crippen LogP contribution in [-0.2, 0) is 4.84 Å².